The lowest BCUT2D eigenvalue weighted by Crippen LogP contribution is -2.34. The van der Waals surface area contributed by atoms with Crippen LogP contribution in [0, 0.1) is 5.92 Å². The van der Waals surface area contributed by atoms with Gasteiger partial charge in [0.05, 0.1) is 5.92 Å². The third kappa shape index (κ3) is 4.73. The van der Waals surface area contributed by atoms with E-state index in [1.54, 1.807) is 0 Å². The molecule has 3 N–H and O–H groups in total. The molecule has 1 amide bonds. The maximum atomic E-state index is 12.2. The maximum absolute atomic E-state index is 12.2. The Morgan fingerprint density at radius 1 is 1.08 bits per heavy atom. The van der Waals surface area contributed by atoms with E-state index in [9.17, 15) is 4.79 Å². The van der Waals surface area contributed by atoms with Crippen LogP contribution >= 0.6 is 12.4 Å². The zero-order valence-corrected chi connectivity index (χ0v) is 14.3. The summed E-state index contributed by atoms with van der Waals surface area (Å²) < 4.78 is 5.74. The number of nitrogens with one attached hydrogen (secondary N) is 1. The number of halogens is 1. The second kappa shape index (κ2) is 8.71. The van der Waals surface area contributed by atoms with E-state index in [1.165, 1.54) is 0 Å². The van der Waals surface area contributed by atoms with Crippen molar-refractivity contribution in [1.82, 2.24) is 0 Å². The largest absolute Gasteiger partial charge is 0.489 e. The molecule has 0 spiro atoms. The van der Waals surface area contributed by atoms with Gasteiger partial charge in [0, 0.05) is 11.7 Å². The molecule has 1 aliphatic carbocycles. The third-order valence-corrected chi connectivity index (χ3v) is 4.28. The molecule has 0 bridgehead atoms. The summed E-state index contributed by atoms with van der Waals surface area (Å²) in [6, 6.07) is 17.5. The topological polar surface area (TPSA) is 64.4 Å². The van der Waals surface area contributed by atoms with Crippen LogP contribution in [0.2, 0.25) is 0 Å². The molecule has 2 aromatic rings. The van der Waals surface area contributed by atoms with Crippen LogP contribution in [0.3, 0.4) is 0 Å². The summed E-state index contributed by atoms with van der Waals surface area (Å²) in [7, 11) is 0. The number of ether oxygens (including phenoxy) is 1. The fraction of sp³-hybridized carbons (Fsp3) is 0.316. The first-order valence-electron chi connectivity index (χ1n) is 8.05. The number of carbonyl (C=O) groups is 1. The molecular weight excluding hydrogens is 324 g/mol. The molecule has 0 heterocycles. The van der Waals surface area contributed by atoms with Crippen molar-refractivity contribution < 1.29 is 9.53 Å². The summed E-state index contributed by atoms with van der Waals surface area (Å²) in [5.74, 6) is 0.737. The molecule has 4 nitrogen and oxygen atoms in total. The highest BCUT2D eigenvalue weighted by atomic mass is 35.5. The number of rotatable bonds is 5. The van der Waals surface area contributed by atoms with Crippen LogP contribution in [0.1, 0.15) is 24.8 Å². The van der Waals surface area contributed by atoms with Crippen LogP contribution in [0.5, 0.6) is 5.75 Å². The Balaban J connectivity index is 0.00000208. The highest BCUT2D eigenvalue weighted by Gasteiger charge is 2.30. The van der Waals surface area contributed by atoms with Crippen molar-refractivity contribution in [2.24, 2.45) is 11.7 Å². The molecule has 2 atom stereocenters. The first kappa shape index (κ1) is 18.3. The van der Waals surface area contributed by atoms with Gasteiger partial charge in [-0.1, -0.05) is 36.8 Å². The van der Waals surface area contributed by atoms with Crippen LogP contribution in [-0.4, -0.2) is 11.9 Å². The molecule has 2 unspecified atom stereocenters. The van der Waals surface area contributed by atoms with E-state index in [0.29, 0.717) is 6.61 Å². The molecule has 0 radical (unpaired) electrons. The number of amides is 1. The molecule has 1 saturated carbocycles. The quantitative estimate of drug-likeness (QED) is 0.866. The average Bonchev–Trinajstić information content (AvgIpc) is 3.01. The van der Waals surface area contributed by atoms with Crippen molar-refractivity contribution in [3.63, 3.8) is 0 Å². The van der Waals surface area contributed by atoms with Crippen LogP contribution in [0.4, 0.5) is 5.69 Å². The first-order valence-corrected chi connectivity index (χ1v) is 8.05. The Morgan fingerprint density at radius 3 is 2.42 bits per heavy atom. The molecule has 1 aliphatic rings. The number of carbonyl (C=O) groups excluding carboxylic acids is 1. The van der Waals surface area contributed by atoms with Gasteiger partial charge < -0.3 is 15.8 Å². The van der Waals surface area contributed by atoms with Crippen molar-refractivity contribution >= 4 is 24.0 Å². The zero-order chi connectivity index (χ0) is 16.1. The monoisotopic (exact) mass is 346 g/mol. The Labute approximate surface area is 148 Å². The van der Waals surface area contributed by atoms with Crippen LogP contribution in [0.15, 0.2) is 54.6 Å². The van der Waals surface area contributed by atoms with Gasteiger partial charge in [-0.3, -0.25) is 4.79 Å². The predicted molar refractivity (Wildman–Crippen MR) is 98.4 cm³/mol. The van der Waals surface area contributed by atoms with Crippen molar-refractivity contribution in [2.45, 2.75) is 31.9 Å². The lowest BCUT2D eigenvalue weighted by molar-refractivity contribution is -0.120. The second-order valence-electron chi connectivity index (χ2n) is 5.99. The highest BCUT2D eigenvalue weighted by Crippen LogP contribution is 2.26. The minimum Gasteiger partial charge on any atom is -0.489 e. The van der Waals surface area contributed by atoms with Gasteiger partial charge in [0.1, 0.15) is 12.4 Å². The zero-order valence-electron chi connectivity index (χ0n) is 13.5. The fourth-order valence-electron chi connectivity index (χ4n) is 2.92. The summed E-state index contributed by atoms with van der Waals surface area (Å²) in [6.45, 7) is 0.531. The van der Waals surface area contributed by atoms with Gasteiger partial charge >= 0.3 is 0 Å². The van der Waals surface area contributed by atoms with Crippen molar-refractivity contribution in [2.75, 3.05) is 5.32 Å². The number of benzene rings is 2. The third-order valence-electron chi connectivity index (χ3n) is 4.28. The van der Waals surface area contributed by atoms with Crippen molar-refractivity contribution in [3.8, 4) is 5.75 Å². The second-order valence-corrected chi connectivity index (χ2v) is 5.99. The smallest absolute Gasteiger partial charge is 0.229 e. The number of nitrogens with two attached hydrogens (primary N) is 1. The van der Waals surface area contributed by atoms with E-state index in [0.717, 1.165) is 36.3 Å². The summed E-state index contributed by atoms with van der Waals surface area (Å²) >= 11 is 0. The Hall–Kier alpha value is -2.04. The average molecular weight is 347 g/mol. The highest BCUT2D eigenvalue weighted by molar-refractivity contribution is 5.93. The predicted octanol–water partition coefficient (Wildman–Crippen LogP) is 3.75. The van der Waals surface area contributed by atoms with Crippen molar-refractivity contribution in [3.05, 3.63) is 60.2 Å². The van der Waals surface area contributed by atoms with E-state index >= 15 is 0 Å². The maximum Gasteiger partial charge on any atom is 0.229 e. The van der Waals surface area contributed by atoms with Gasteiger partial charge in [-0.25, -0.2) is 0 Å². The molecule has 0 aromatic heterocycles. The van der Waals surface area contributed by atoms with E-state index < -0.39 is 0 Å². The van der Waals surface area contributed by atoms with Gasteiger partial charge in [0.25, 0.3) is 0 Å². The summed E-state index contributed by atoms with van der Waals surface area (Å²) in [4.78, 5) is 12.2. The van der Waals surface area contributed by atoms with E-state index in [1.807, 2.05) is 54.6 Å². The lowest BCUT2D eigenvalue weighted by atomic mass is 10.0. The van der Waals surface area contributed by atoms with Crippen molar-refractivity contribution in [1.29, 1.82) is 0 Å². The number of anilines is 1. The molecule has 5 heteroatoms. The number of hydrogen-bond donors (Lipinski definition) is 2. The van der Waals surface area contributed by atoms with Crippen LogP contribution in [0.25, 0.3) is 0 Å². The molecule has 2 aromatic carbocycles. The van der Waals surface area contributed by atoms with Crippen LogP contribution in [-0.2, 0) is 11.4 Å². The van der Waals surface area contributed by atoms with Gasteiger partial charge in [-0.05, 0) is 42.7 Å². The SMILES string of the molecule is Cl.NC1CCCC1C(=O)Nc1ccc(OCc2ccccc2)cc1. The minimum absolute atomic E-state index is 0. The van der Waals surface area contributed by atoms with Crippen LogP contribution < -0.4 is 15.8 Å². The lowest BCUT2D eigenvalue weighted by Gasteiger charge is -2.15. The Morgan fingerprint density at radius 2 is 1.79 bits per heavy atom. The van der Waals surface area contributed by atoms with Gasteiger partial charge in [-0.2, -0.15) is 0 Å². The summed E-state index contributed by atoms with van der Waals surface area (Å²) in [5.41, 5.74) is 7.88. The van der Waals surface area contributed by atoms with E-state index in [2.05, 4.69) is 5.32 Å². The normalized spacial score (nSPS) is 19.4. The molecular formula is C19H23ClN2O2. The van der Waals surface area contributed by atoms with E-state index in [4.69, 9.17) is 10.5 Å². The van der Waals surface area contributed by atoms with E-state index in [-0.39, 0.29) is 30.3 Å². The van der Waals surface area contributed by atoms with Gasteiger partial charge in [0.15, 0.2) is 0 Å². The van der Waals surface area contributed by atoms with Gasteiger partial charge in [0.2, 0.25) is 5.91 Å². The molecule has 24 heavy (non-hydrogen) atoms. The minimum atomic E-state index is -0.0657. The standard InChI is InChI=1S/C19H22N2O2.ClH/c20-18-8-4-7-17(18)19(22)21-15-9-11-16(12-10-15)23-13-14-5-2-1-3-6-14;/h1-3,5-6,9-12,17-18H,4,7-8,13,20H2,(H,21,22);1H. The Kier molecular flexibility index (Phi) is 6.64. The molecule has 0 saturated heterocycles. The molecule has 128 valence electrons. The first-order chi connectivity index (χ1) is 11.2. The summed E-state index contributed by atoms with van der Waals surface area (Å²) in [6.07, 6.45) is 2.85. The number of hydrogen-bond acceptors (Lipinski definition) is 3. The molecule has 0 aliphatic heterocycles. The molecule has 1 fully saturated rings. The fourth-order valence-corrected chi connectivity index (χ4v) is 2.92. The summed E-state index contributed by atoms with van der Waals surface area (Å²) in [5, 5.41) is 2.94. The molecule has 3 rings (SSSR count). The van der Waals surface area contributed by atoms with Gasteiger partial charge in [-0.15, -0.1) is 12.4 Å². The Bertz CT molecular complexity index is 646.